The Morgan fingerprint density at radius 2 is 0.878 bits per heavy atom. The van der Waals surface area contributed by atoms with Gasteiger partial charge in [0.15, 0.2) is 0 Å². The van der Waals surface area contributed by atoms with Crippen LogP contribution in [0.4, 0.5) is 0 Å². The van der Waals surface area contributed by atoms with Crippen LogP contribution in [0.5, 0.6) is 0 Å². The van der Waals surface area contributed by atoms with Crippen molar-refractivity contribution in [2.45, 2.75) is 127 Å². The molecule has 2 atom stereocenters. The van der Waals surface area contributed by atoms with Gasteiger partial charge in [-0.2, -0.15) is 0 Å². The maximum atomic E-state index is 12.8. The number of ether oxygens (including phenoxy) is 2. The van der Waals surface area contributed by atoms with E-state index in [-0.39, 0.29) is 0 Å². The zero-order chi connectivity index (χ0) is 30.9. The molecule has 0 radical (unpaired) electrons. The summed E-state index contributed by atoms with van der Waals surface area (Å²) in [4.78, 5) is 50.0. The molecule has 0 aliphatic carbocycles. The standard InChI is InChI=1S/2C12H20O4.2C4H9.Sn/c2*1-3-5-6-10(4-2)9-16-12(15)8-7-11(13)14;2*1-3-4-2;/h2*7-8,10H,3-6,9H2,1-2H3,(H,13,14);2*1,3-4H2,2H3;/q;;;;+2/p-2/b2*8-7+;;;. The molecule has 0 saturated carbocycles. The molecule has 0 aromatic rings. The van der Waals surface area contributed by atoms with E-state index in [9.17, 15) is 19.2 Å². The summed E-state index contributed by atoms with van der Waals surface area (Å²) in [5.41, 5.74) is 0. The third-order valence-corrected chi connectivity index (χ3v) is 16.8. The number of carbonyl (C=O) groups excluding carboxylic acids is 4. The molecule has 8 nitrogen and oxygen atoms in total. The fourth-order valence-corrected chi connectivity index (χ4v) is 13.8. The molecule has 41 heavy (non-hydrogen) atoms. The number of rotatable bonds is 24. The second-order valence-corrected chi connectivity index (χ2v) is 19.9. The van der Waals surface area contributed by atoms with Crippen molar-refractivity contribution in [3.63, 3.8) is 0 Å². The number of esters is 2. The van der Waals surface area contributed by atoms with Gasteiger partial charge < -0.3 is 0 Å². The van der Waals surface area contributed by atoms with Gasteiger partial charge in [-0.1, -0.05) is 0 Å². The van der Waals surface area contributed by atoms with Gasteiger partial charge in [0.1, 0.15) is 0 Å². The zero-order valence-corrected chi connectivity index (χ0v) is 29.4. The molecule has 0 N–H and O–H groups in total. The first-order valence-corrected chi connectivity index (χ1v) is 22.2. The van der Waals surface area contributed by atoms with E-state index in [4.69, 9.17) is 15.6 Å². The molecule has 0 aliphatic rings. The van der Waals surface area contributed by atoms with Crippen molar-refractivity contribution in [1.82, 2.24) is 0 Å². The Morgan fingerprint density at radius 1 is 0.537 bits per heavy atom. The first-order valence-electron chi connectivity index (χ1n) is 15.8. The van der Waals surface area contributed by atoms with E-state index < -0.39 is 43.1 Å². The van der Waals surface area contributed by atoms with Crippen LogP contribution >= 0.6 is 0 Å². The molecule has 0 amide bonds. The molecule has 0 rings (SSSR count). The number of hydrogen-bond donors (Lipinski definition) is 0. The van der Waals surface area contributed by atoms with E-state index in [0.717, 1.165) is 101 Å². The summed E-state index contributed by atoms with van der Waals surface area (Å²) >= 11 is -4.26. The van der Waals surface area contributed by atoms with Crippen molar-refractivity contribution in [3.05, 3.63) is 24.3 Å². The number of unbranched alkanes of at least 4 members (excludes halogenated alkanes) is 4. The molecule has 0 saturated heterocycles. The summed E-state index contributed by atoms with van der Waals surface area (Å²) in [6, 6.07) is 0. The number of carbonyl (C=O) groups is 4. The van der Waals surface area contributed by atoms with Gasteiger partial charge in [-0.05, 0) is 0 Å². The van der Waals surface area contributed by atoms with Gasteiger partial charge in [-0.15, -0.1) is 0 Å². The van der Waals surface area contributed by atoms with Crippen molar-refractivity contribution in [2.24, 2.45) is 11.8 Å². The maximum absolute atomic E-state index is 12.8. The summed E-state index contributed by atoms with van der Waals surface area (Å²) in [5, 5.41) is 0. The topological polar surface area (TPSA) is 105 Å². The van der Waals surface area contributed by atoms with Crippen molar-refractivity contribution in [1.29, 1.82) is 0 Å². The predicted molar refractivity (Wildman–Crippen MR) is 164 cm³/mol. The summed E-state index contributed by atoms with van der Waals surface area (Å²) < 4.78 is 23.4. The molecular weight excluding hydrogens is 631 g/mol. The Hall–Kier alpha value is -1.84. The fraction of sp³-hybridized carbons (Fsp3) is 0.750. The van der Waals surface area contributed by atoms with Crippen molar-refractivity contribution in [2.75, 3.05) is 13.2 Å². The summed E-state index contributed by atoms with van der Waals surface area (Å²) in [6.45, 7) is 13.0. The Balaban J connectivity index is 5.30. The van der Waals surface area contributed by atoms with Gasteiger partial charge in [0.25, 0.3) is 0 Å². The first-order chi connectivity index (χ1) is 19.7. The van der Waals surface area contributed by atoms with Crippen molar-refractivity contribution >= 4 is 43.1 Å². The van der Waals surface area contributed by atoms with E-state index in [0.29, 0.717) is 33.9 Å². The van der Waals surface area contributed by atoms with Crippen molar-refractivity contribution in [3.8, 4) is 0 Å². The van der Waals surface area contributed by atoms with Crippen LogP contribution in [0.1, 0.15) is 119 Å². The SMILES string of the molecule is CCCCC(CC)COC(=O)/C=C/C(=O)[O][Sn]([CH2]CCC)([CH2]CCC)[O]C(=O)/C=C/C(=O)OCC(CC)CCCC. The molecule has 236 valence electrons. The Labute approximate surface area is 253 Å². The first kappa shape index (κ1) is 39.2. The molecule has 9 heteroatoms. The van der Waals surface area contributed by atoms with Gasteiger partial charge in [-0.3, -0.25) is 0 Å². The Morgan fingerprint density at radius 3 is 1.20 bits per heavy atom. The van der Waals surface area contributed by atoms with Gasteiger partial charge in [0, 0.05) is 0 Å². The second kappa shape index (κ2) is 24.7. The van der Waals surface area contributed by atoms with Gasteiger partial charge >= 0.3 is 255 Å². The predicted octanol–water partition coefficient (Wildman–Crippen LogP) is 7.75. The molecule has 0 bridgehead atoms. The van der Waals surface area contributed by atoms with Crippen LogP contribution in [0.2, 0.25) is 8.87 Å². The fourth-order valence-electron chi connectivity index (χ4n) is 4.24. The average Bonchev–Trinajstić information content (AvgIpc) is 2.97. The van der Waals surface area contributed by atoms with E-state index in [1.165, 1.54) is 0 Å². The Bertz CT molecular complexity index is 742. The molecule has 0 spiro atoms. The Kier molecular flexibility index (Phi) is 23.6. The molecule has 0 aliphatic heterocycles. The number of hydrogen-bond acceptors (Lipinski definition) is 8. The van der Waals surface area contributed by atoms with Gasteiger partial charge in [0.05, 0.1) is 0 Å². The normalized spacial score (nSPS) is 13.2. The molecule has 0 aromatic carbocycles. The quantitative estimate of drug-likeness (QED) is 0.0577. The molecule has 0 aromatic heterocycles. The molecule has 2 unspecified atom stereocenters. The molecule has 0 heterocycles. The van der Waals surface area contributed by atoms with Crippen LogP contribution < -0.4 is 0 Å². The van der Waals surface area contributed by atoms with Gasteiger partial charge in [-0.25, -0.2) is 0 Å². The van der Waals surface area contributed by atoms with Crippen LogP contribution in [0.25, 0.3) is 0 Å². The van der Waals surface area contributed by atoms with E-state index in [1.54, 1.807) is 0 Å². The van der Waals surface area contributed by atoms with Crippen LogP contribution in [0.3, 0.4) is 0 Å². The van der Waals surface area contributed by atoms with Crippen LogP contribution in [0.15, 0.2) is 24.3 Å². The molecular formula is C32H56O8Sn. The van der Waals surface area contributed by atoms with Gasteiger partial charge in [0.2, 0.25) is 0 Å². The van der Waals surface area contributed by atoms with Crippen molar-refractivity contribution < 1.29 is 34.8 Å². The minimum atomic E-state index is -4.26. The van der Waals surface area contributed by atoms with Crippen LogP contribution in [-0.2, 0) is 34.8 Å². The van der Waals surface area contributed by atoms with E-state index in [2.05, 4.69) is 27.7 Å². The summed E-state index contributed by atoms with van der Waals surface area (Å²) in [5.74, 6) is -2.03. The zero-order valence-electron chi connectivity index (χ0n) is 26.5. The minimum absolute atomic E-state index is 0.296. The molecule has 0 fully saturated rings. The summed E-state index contributed by atoms with van der Waals surface area (Å²) in [6.07, 6.45) is 15.6. The third-order valence-electron chi connectivity index (χ3n) is 7.12. The van der Waals surface area contributed by atoms with Crippen LogP contribution in [-0.4, -0.2) is 56.3 Å². The monoisotopic (exact) mass is 688 g/mol. The second-order valence-electron chi connectivity index (χ2n) is 10.7. The summed E-state index contributed by atoms with van der Waals surface area (Å²) in [7, 11) is 0. The van der Waals surface area contributed by atoms with Crippen LogP contribution in [0, 0.1) is 11.8 Å². The van der Waals surface area contributed by atoms with E-state index in [1.807, 2.05) is 13.8 Å². The third kappa shape index (κ3) is 19.8. The average molecular weight is 688 g/mol. The van der Waals surface area contributed by atoms with E-state index >= 15 is 0 Å².